The molecule has 0 amide bonds. The highest BCUT2D eigenvalue weighted by molar-refractivity contribution is 5.86. The molecule has 1 aliphatic heterocycles. The first-order valence-corrected chi connectivity index (χ1v) is 11.2. The summed E-state index contributed by atoms with van der Waals surface area (Å²) in [6, 6.07) is 2.43. The molecule has 0 radical (unpaired) electrons. The van der Waals surface area contributed by atoms with Crippen molar-refractivity contribution in [3.8, 4) is 17.1 Å². The zero-order chi connectivity index (χ0) is 21.5. The van der Waals surface area contributed by atoms with Gasteiger partial charge in [0.05, 0.1) is 28.8 Å². The zero-order valence-electron chi connectivity index (χ0n) is 18.5. The van der Waals surface area contributed by atoms with E-state index in [4.69, 9.17) is 9.72 Å². The van der Waals surface area contributed by atoms with Crippen LogP contribution in [0.25, 0.3) is 22.2 Å². The molecule has 0 N–H and O–H groups in total. The van der Waals surface area contributed by atoms with Gasteiger partial charge in [0.15, 0.2) is 0 Å². The lowest BCUT2D eigenvalue weighted by Crippen LogP contribution is -2.31. The monoisotopic (exact) mass is 422 g/mol. The number of likely N-dealkylation sites (tertiary alicyclic amines) is 1. The third kappa shape index (κ3) is 4.08. The molecular weight excluding hydrogens is 392 g/mol. The molecule has 0 spiro atoms. The van der Waals surface area contributed by atoms with Crippen LogP contribution in [0.2, 0.25) is 0 Å². The summed E-state index contributed by atoms with van der Waals surface area (Å²) >= 11 is 0. The van der Waals surface area contributed by atoms with Crippen LogP contribution in [0.4, 0.5) is 0 Å². The van der Waals surface area contributed by atoms with E-state index >= 15 is 0 Å². The maximum atomic E-state index is 11.7. The van der Waals surface area contributed by atoms with Crippen molar-refractivity contribution < 1.29 is 9.53 Å². The smallest absolute Gasteiger partial charge is 0.225 e. The lowest BCUT2D eigenvalue weighted by Gasteiger charge is -2.28. The fraction of sp³-hybridized carbons (Fsp3) is 0.565. The van der Waals surface area contributed by atoms with Crippen molar-refractivity contribution in [3.63, 3.8) is 0 Å². The van der Waals surface area contributed by atoms with Crippen LogP contribution < -0.4 is 4.74 Å². The summed E-state index contributed by atoms with van der Waals surface area (Å²) in [5.41, 5.74) is 2.64. The summed E-state index contributed by atoms with van der Waals surface area (Å²) in [5.74, 6) is 1.16. The van der Waals surface area contributed by atoms with Gasteiger partial charge in [-0.05, 0) is 52.4 Å². The molecular formula is C23H30N6O2. The molecule has 31 heavy (non-hydrogen) atoms. The average Bonchev–Trinajstić information content (AvgIpc) is 3.47. The second kappa shape index (κ2) is 8.07. The van der Waals surface area contributed by atoms with E-state index < -0.39 is 0 Å². The number of aryl methyl sites for hydroxylation is 1. The Bertz CT molecular complexity index is 1090. The van der Waals surface area contributed by atoms with Gasteiger partial charge in [-0.1, -0.05) is 0 Å². The molecule has 1 aliphatic carbocycles. The van der Waals surface area contributed by atoms with Gasteiger partial charge in [0.2, 0.25) is 5.88 Å². The number of ether oxygens (including phenoxy) is 1. The summed E-state index contributed by atoms with van der Waals surface area (Å²) in [6.45, 7) is 4.23. The van der Waals surface area contributed by atoms with Gasteiger partial charge >= 0.3 is 0 Å². The second-order valence-electron chi connectivity index (χ2n) is 9.16. The van der Waals surface area contributed by atoms with Crippen molar-refractivity contribution in [1.29, 1.82) is 0 Å². The van der Waals surface area contributed by atoms with E-state index in [9.17, 15) is 4.79 Å². The molecule has 1 saturated heterocycles. The number of rotatable bonds is 5. The molecule has 2 aliphatic rings. The Labute approximate surface area is 182 Å². The topological polar surface area (TPSA) is 78.1 Å². The summed E-state index contributed by atoms with van der Waals surface area (Å²) < 4.78 is 10.2. The summed E-state index contributed by atoms with van der Waals surface area (Å²) in [6.07, 6.45) is 10.2. The van der Waals surface area contributed by atoms with E-state index in [1.54, 1.807) is 4.68 Å². The summed E-state index contributed by atoms with van der Waals surface area (Å²) in [5, 5.41) is 10.1. The molecule has 3 aromatic rings. The van der Waals surface area contributed by atoms with Crippen LogP contribution in [0.5, 0.6) is 5.88 Å². The average molecular weight is 423 g/mol. The van der Waals surface area contributed by atoms with Crippen molar-refractivity contribution in [3.05, 3.63) is 24.7 Å². The predicted molar refractivity (Wildman–Crippen MR) is 118 cm³/mol. The van der Waals surface area contributed by atoms with E-state index in [1.165, 1.54) is 0 Å². The molecule has 0 bridgehead atoms. The van der Waals surface area contributed by atoms with Crippen LogP contribution in [-0.2, 0) is 11.8 Å². The molecule has 2 atom stereocenters. The number of nitrogens with zero attached hydrogens (tertiary/aromatic N) is 6. The molecule has 3 aromatic heterocycles. The lowest BCUT2D eigenvalue weighted by atomic mass is 10.0. The van der Waals surface area contributed by atoms with Crippen molar-refractivity contribution in [2.45, 2.75) is 51.2 Å². The van der Waals surface area contributed by atoms with Gasteiger partial charge in [0.1, 0.15) is 11.9 Å². The Morgan fingerprint density at radius 1 is 1.16 bits per heavy atom. The number of carbonyl (C=O) groups excluding carboxylic acids is 1. The number of fused-ring (bicyclic) bond motifs is 1. The number of ketones is 1. The van der Waals surface area contributed by atoms with Crippen molar-refractivity contribution >= 4 is 16.7 Å². The van der Waals surface area contributed by atoms with Gasteiger partial charge in [-0.3, -0.25) is 14.2 Å². The maximum absolute atomic E-state index is 11.7. The summed E-state index contributed by atoms with van der Waals surface area (Å²) in [4.78, 5) is 18.9. The normalized spacial score (nSPS) is 21.8. The van der Waals surface area contributed by atoms with Gasteiger partial charge in [0.25, 0.3) is 0 Å². The Hall–Kier alpha value is -2.74. The van der Waals surface area contributed by atoms with E-state index in [1.807, 2.05) is 32.4 Å². The molecule has 4 heterocycles. The fourth-order valence-electron chi connectivity index (χ4n) is 4.79. The fourth-order valence-corrected chi connectivity index (χ4v) is 4.79. The highest BCUT2D eigenvalue weighted by atomic mass is 16.5. The molecule has 0 unspecified atom stereocenters. The number of aromatic nitrogens is 5. The third-order valence-corrected chi connectivity index (χ3v) is 6.79. The van der Waals surface area contributed by atoms with Gasteiger partial charge in [-0.25, -0.2) is 4.98 Å². The first kappa shape index (κ1) is 20.2. The van der Waals surface area contributed by atoms with Crippen LogP contribution in [0.1, 0.15) is 45.1 Å². The van der Waals surface area contributed by atoms with Gasteiger partial charge in [-0.2, -0.15) is 10.2 Å². The van der Waals surface area contributed by atoms with Crippen LogP contribution in [-0.4, -0.2) is 61.5 Å². The largest absolute Gasteiger partial charge is 0.474 e. The number of hydrogen-bond acceptors (Lipinski definition) is 6. The number of Topliss-reactive ketones (excluding diaryl/α,β-unsaturated/α-hetero) is 1. The van der Waals surface area contributed by atoms with Crippen molar-refractivity contribution in [1.82, 2.24) is 29.4 Å². The quantitative estimate of drug-likeness (QED) is 0.628. The van der Waals surface area contributed by atoms with E-state index in [0.717, 1.165) is 54.5 Å². The van der Waals surface area contributed by atoms with E-state index in [0.29, 0.717) is 30.5 Å². The van der Waals surface area contributed by atoms with Crippen LogP contribution in [0, 0.1) is 5.92 Å². The lowest BCUT2D eigenvalue weighted by molar-refractivity contribution is -0.117. The predicted octanol–water partition coefficient (Wildman–Crippen LogP) is 3.24. The van der Waals surface area contributed by atoms with Gasteiger partial charge in [-0.15, -0.1) is 0 Å². The number of piperidine rings is 1. The molecule has 2 fully saturated rings. The molecule has 0 aromatic carbocycles. The maximum Gasteiger partial charge on any atom is 0.225 e. The zero-order valence-corrected chi connectivity index (χ0v) is 18.5. The molecule has 1 saturated carbocycles. The Kier molecular flexibility index (Phi) is 5.25. The molecule has 5 rings (SSSR count). The van der Waals surface area contributed by atoms with Crippen LogP contribution in [0.15, 0.2) is 24.7 Å². The SMILES string of the molecule is C[C@@H](Oc1nc(-c2cnn(C3CCN(C)CC3)c2)cc2nn(C)cc12)[C@H]1CCC(=O)C1. The minimum absolute atomic E-state index is 0.0699. The molecule has 8 nitrogen and oxygen atoms in total. The highest BCUT2D eigenvalue weighted by Crippen LogP contribution is 2.33. The van der Waals surface area contributed by atoms with E-state index in [2.05, 4.69) is 33.0 Å². The molecule has 164 valence electrons. The second-order valence-corrected chi connectivity index (χ2v) is 9.16. The minimum atomic E-state index is -0.0699. The minimum Gasteiger partial charge on any atom is -0.474 e. The highest BCUT2D eigenvalue weighted by Gasteiger charge is 2.29. The van der Waals surface area contributed by atoms with E-state index in [-0.39, 0.29) is 12.0 Å². The van der Waals surface area contributed by atoms with Gasteiger partial charge < -0.3 is 9.64 Å². The van der Waals surface area contributed by atoms with Crippen molar-refractivity contribution in [2.75, 3.05) is 20.1 Å². The first-order valence-electron chi connectivity index (χ1n) is 11.2. The number of carbonyl (C=O) groups is 1. The molecule has 8 heteroatoms. The first-order chi connectivity index (χ1) is 15.0. The van der Waals surface area contributed by atoms with Crippen molar-refractivity contribution in [2.24, 2.45) is 13.0 Å². The Morgan fingerprint density at radius 3 is 2.71 bits per heavy atom. The van der Waals surface area contributed by atoms with Crippen LogP contribution in [0.3, 0.4) is 0 Å². The van der Waals surface area contributed by atoms with Gasteiger partial charge in [0, 0.05) is 43.8 Å². The summed E-state index contributed by atoms with van der Waals surface area (Å²) in [7, 11) is 4.07. The Morgan fingerprint density at radius 2 is 1.97 bits per heavy atom. The third-order valence-electron chi connectivity index (χ3n) is 6.79. The number of pyridine rings is 1. The number of hydrogen-bond donors (Lipinski definition) is 0. The standard InChI is InChI=1S/C23H30N6O2/c1-15(16-4-5-19(30)10-16)31-23-20-14-28(3)26-22(20)11-21(25-23)17-12-24-29(13-17)18-6-8-27(2)9-7-18/h11-16,18H,4-10H2,1-3H3/t15-,16+/m1/s1. The Balaban J connectivity index is 1.44. The van der Waals surface area contributed by atoms with Crippen LogP contribution >= 0.6 is 0 Å².